The molecule has 13 heteroatoms. The van der Waals surface area contributed by atoms with Crippen molar-refractivity contribution in [2.75, 3.05) is 56.9 Å². The highest BCUT2D eigenvalue weighted by molar-refractivity contribution is 6.14. The number of hydrogen-bond acceptors (Lipinski definition) is 7. The lowest BCUT2D eigenvalue weighted by Crippen LogP contribution is -2.53. The number of urea groups is 1. The van der Waals surface area contributed by atoms with Gasteiger partial charge in [-0.25, -0.2) is 18.6 Å². The van der Waals surface area contributed by atoms with E-state index in [2.05, 4.69) is 32.5 Å². The van der Waals surface area contributed by atoms with Gasteiger partial charge in [0.05, 0.1) is 0 Å². The standard InChI is InChI=1S/C33H37F2N7O4/c1-40-14-16-41(17-15-40)23-9-12-42(13-10-23)32(45)39-29-19-25(8-11-37-29)46-24-6-7-26(28(35)18-24)27-20-33(27,30(36)43)31(44)38-22-4-2-21(34)3-5-22/h2-8,11,18-19,23,27H,9-10,12-17,20H2,1H3,(H2,36,43)(H,38,44)(H,37,39,45). The Kier molecular flexibility index (Phi) is 8.87. The van der Waals surface area contributed by atoms with Crippen LogP contribution in [-0.4, -0.2) is 89.9 Å². The van der Waals surface area contributed by atoms with E-state index in [0.717, 1.165) is 39.0 Å². The summed E-state index contributed by atoms with van der Waals surface area (Å²) in [6, 6.07) is 12.6. The molecule has 2 aromatic carbocycles. The number of nitrogens with one attached hydrogen (secondary N) is 2. The fraction of sp³-hybridized carbons (Fsp3) is 0.394. The summed E-state index contributed by atoms with van der Waals surface area (Å²) in [5.41, 5.74) is 4.42. The van der Waals surface area contributed by atoms with Gasteiger partial charge in [-0.15, -0.1) is 0 Å². The van der Waals surface area contributed by atoms with Crippen LogP contribution in [0.4, 0.5) is 25.1 Å². The van der Waals surface area contributed by atoms with Crippen LogP contribution in [0.3, 0.4) is 0 Å². The predicted octanol–water partition coefficient (Wildman–Crippen LogP) is 3.99. The summed E-state index contributed by atoms with van der Waals surface area (Å²) in [5, 5.41) is 5.41. The van der Waals surface area contributed by atoms with Gasteiger partial charge in [0, 0.05) is 75.2 Å². The monoisotopic (exact) mass is 633 g/mol. The highest BCUT2D eigenvalue weighted by atomic mass is 19.1. The van der Waals surface area contributed by atoms with Crippen LogP contribution in [0, 0.1) is 17.0 Å². The van der Waals surface area contributed by atoms with Crippen LogP contribution in [0.15, 0.2) is 60.8 Å². The van der Waals surface area contributed by atoms with Crippen LogP contribution in [0.25, 0.3) is 0 Å². The van der Waals surface area contributed by atoms with Crippen molar-refractivity contribution in [1.82, 2.24) is 19.7 Å². The first-order chi connectivity index (χ1) is 22.1. The number of ether oxygens (including phenoxy) is 1. The number of carbonyl (C=O) groups excluding carboxylic acids is 3. The Labute approximate surface area is 265 Å². The number of nitrogens with zero attached hydrogens (tertiary/aromatic N) is 4. The van der Waals surface area contributed by atoms with Crippen molar-refractivity contribution in [2.45, 2.75) is 31.2 Å². The van der Waals surface area contributed by atoms with E-state index in [0.29, 0.717) is 36.4 Å². The second kappa shape index (κ2) is 13.0. The third-order valence-electron chi connectivity index (χ3n) is 9.26. The molecule has 2 aliphatic heterocycles. The number of pyridine rings is 1. The van der Waals surface area contributed by atoms with Gasteiger partial charge in [-0.3, -0.25) is 19.8 Å². The zero-order chi connectivity index (χ0) is 32.4. The number of halogens is 2. The molecule has 11 nitrogen and oxygen atoms in total. The van der Waals surface area contributed by atoms with E-state index >= 15 is 4.39 Å². The molecule has 1 aromatic heterocycles. The number of carbonyl (C=O) groups is 3. The van der Waals surface area contributed by atoms with Gasteiger partial charge in [0.25, 0.3) is 0 Å². The van der Waals surface area contributed by atoms with Crippen molar-refractivity contribution in [3.8, 4) is 11.5 Å². The molecule has 0 spiro atoms. The number of nitrogens with two attached hydrogens (primary N) is 1. The fourth-order valence-corrected chi connectivity index (χ4v) is 6.39. The Hall–Kier alpha value is -4.62. The molecule has 4 amide bonds. The van der Waals surface area contributed by atoms with Crippen molar-refractivity contribution in [1.29, 1.82) is 0 Å². The van der Waals surface area contributed by atoms with E-state index in [4.69, 9.17) is 10.5 Å². The summed E-state index contributed by atoms with van der Waals surface area (Å²) in [4.78, 5) is 49.3. The molecular formula is C33H37F2N7O4. The summed E-state index contributed by atoms with van der Waals surface area (Å²) >= 11 is 0. The van der Waals surface area contributed by atoms with Crippen LogP contribution >= 0.6 is 0 Å². The van der Waals surface area contributed by atoms with Gasteiger partial charge < -0.3 is 25.6 Å². The topological polar surface area (TPSA) is 133 Å². The van der Waals surface area contributed by atoms with Crippen LogP contribution in [-0.2, 0) is 9.59 Å². The van der Waals surface area contributed by atoms with Gasteiger partial charge in [-0.1, -0.05) is 6.07 Å². The molecule has 1 aliphatic carbocycles. The molecule has 46 heavy (non-hydrogen) atoms. The van der Waals surface area contributed by atoms with Gasteiger partial charge in [-0.2, -0.15) is 0 Å². The fourth-order valence-electron chi connectivity index (χ4n) is 6.39. The van der Waals surface area contributed by atoms with E-state index in [-0.39, 0.29) is 23.8 Å². The Morgan fingerprint density at radius 1 is 0.913 bits per heavy atom. The molecule has 3 aliphatic rings. The third-order valence-corrected chi connectivity index (χ3v) is 9.26. The first-order valence-corrected chi connectivity index (χ1v) is 15.4. The third kappa shape index (κ3) is 6.65. The number of rotatable bonds is 8. The minimum Gasteiger partial charge on any atom is -0.457 e. The van der Waals surface area contributed by atoms with Crippen LogP contribution < -0.4 is 21.1 Å². The maximum Gasteiger partial charge on any atom is 0.323 e. The Morgan fingerprint density at radius 3 is 2.28 bits per heavy atom. The minimum atomic E-state index is -1.63. The summed E-state index contributed by atoms with van der Waals surface area (Å²) in [6.07, 6.45) is 3.37. The Morgan fingerprint density at radius 2 is 1.61 bits per heavy atom. The van der Waals surface area contributed by atoms with Crippen molar-refractivity contribution in [3.63, 3.8) is 0 Å². The number of likely N-dealkylation sites (N-methyl/N-ethyl adjacent to an activating group) is 1. The second-order valence-corrected chi connectivity index (χ2v) is 12.2. The first kappa shape index (κ1) is 31.4. The zero-order valence-electron chi connectivity index (χ0n) is 25.5. The van der Waals surface area contributed by atoms with Crippen molar-refractivity contribution >= 4 is 29.4 Å². The summed E-state index contributed by atoms with van der Waals surface area (Å²) in [5.74, 6) is -2.64. The van der Waals surface area contributed by atoms with E-state index in [1.807, 2.05) is 0 Å². The molecule has 2 saturated heterocycles. The Bertz CT molecular complexity index is 1610. The molecule has 3 aromatic rings. The predicted molar refractivity (Wildman–Crippen MR) is 167 cm³/mol. The van der Waals surface area contributed by atoms with E-state index in [9.17, 15) is 18.8 Å². The molecular weight excluding hydrogens is 596 g/mol. The highest BCUT2D eigenvalue weighted by Gasteiger charge is 2.66. The van der Waals surface area contributed by atoms with Gasteiger partial charge in [0.1, 0.15) is 34.4 Å². The molecule has 2 unspecified atom stereocenters. The lowest BCUT2D eigenvalue weighted by atomic mass is 9.96. The first-order valence-electron chi connectivity index (χ1n) is 15.4. The van der Waals surface area contributed by atoms with E-state index in [1.165, 1.54) is 48.7 Å². The summed E-state index contributed by atoms with van der Waals surface area (Å²) in [6.45, 7) is 5.57. The number of likely N-dealkylation sites (tertiary alicyclic amines) is 1. The van der Waals surface area contributed by atoms with Crippen LogP contribution in [0.1, 0.15) is 30.7 Å². The molecule has 1 saturated carbocycles. The number of piperidine rings is 1. The number of primary amides is 1. The van der Waals surface area contributed by atoms with Crippen LogP contribution in [0.2, 0.25) is 0 Å². The van der Waals surface area contributed by atoms with Crippen LogP contribution in [0.5, 0.6) is 11.5 Å². The largest absolute Gasteiger partial charge is 0.457 e. The molecule has 4 N–H and O–H groups in total. The normalized spacial score (nSPS) is 22.2. The number of amides is 4. The second-order valence-electron chi connectivity index (χ2n) is 12.2. The number of aromatic nitrogens is 1. The quantitative estimate of drug-likeness (QED) is 0.320. The average molecular weight is 634 g/mol. The SMILES string of the molecule is CN1CCN(C2CCN(C(=O)Nc3cc(Oc4ccc(C5CC5(C(N)=O)C(=O)Nc5ccc(F)cc5)c(F)c4)ccn3)CC2)CC1. The Balaban J connectivity index is 1.05. The van der Waals surface area contributed by atoms with Crippen molar-refractivity contribution in [2.24, 2.45) is 11.1 Å². The van der Waals surface area contributed by atoms with Gasteiger partial charge in [0.2, 0.25) is 11.8 Å². The molecule has 3 fully saturated rings. The maximum absolute atomic E-state index is 15.3. The van der Waals surface area contributed by atoms with Gasteiger partial charge in [-0.05, 0) is 68.3 Å². The number of piperazine rings is 1. The lowest BCUT2D eigenvalue weighted by molar-refractivity contribution is -0.132. The minimum absolute atomic E-state index is 0.0351. The summed E-state index contributed by atoms with van der Waals surface area (Å²) < 4.78 is 34.4. The zero-order valence-corrected chi connectivity index (χ0v) is 25.5. The number of hydrogen-bond donors (Lipinski definition) is 3. The van der Waals surface area contributed by atoms with Crippen molar-refractivity contribution < 1.29 is 27.9 Å². The molecule has 3 heterocycles. The average Bonchev–Trinajstić information content (AvgIpc) is 3.80. The molecule has 242 valence electrons. The molecule has 6 rings (SSSR count). The number of anilines is 2. The maximum atomic E-state index is 15.3. The lowest BCUT2D eigenvalue weighted by Gasteiger charge is -2.42. The van der Waals surface area contributed by atoms with Crippen molar-refractivity contribution in [3.05, 3.63) is 78.0 Å². The van der Waals surface area contributed by atoms with E-state index in [1.54, 1.807) is 17.0 Å². The molecule has 0 radical (unpaired) electrons. The molecule has 0 bridgehead atoms. The van der Waals surface area contributed by atoms with Gasteiger partial charge in [0.15, 0.2) is 0 Å². The highest BCUT2D eigenvalue weighted by Crippen LogP contribution is 2.60. The number of benzene rings is 2. The van der Waals surface area contributed by atoms with Gasteiger partial charge >= 0.3 is 6.03 Å². The molecule has 2 atom stereocenters. The van der Waals surface area contributed by atoms with E-state index < -0.39 is 34.8 Å². The summed E-state index contributed by atoms with van der Waals surface area (Å²) in [7, 11) is 2.14. The smallest absolute Gasteiger partial charge is 0.323 e.